The van der Waals surface area contributed by atoms with E-state index in [-0.39, 0.29) is 0 Å². The van der Waals surface area contributed by atoms with Gasteiger partial charge in [-0.1, -0.05) is 34.1 Å². The first-order valence-corrected chi connectivity index (χ1v) is 7.08. The summed E-state index contributed by atoms with van der Waals surface area (Å²) in [6.45, 7) is 5.25. The third-order valence-electron chi connectivity index (χ3n) is 3.34. The molecule has 1 aromatic carbocycles. The molecule has 0 saturated carbocycles. The molecule has 1 fully saturated rings. The normalized spacial score (nSPS) is 26.8. The summed E-state index contributed by atoms with van der Waals surface area (Å²) in [5, 5.41) is 3.70. The van der Waals surface area contributed by atoms with Gasteiger partial charge in [-0.3, -0.25) is 0 Å². The van der Waals surface area contributed by atoms with Crippen LogP contribution in [0.5, 0.6) is 0 Å². The highest BCUT2D eigenvalue weighted by molar-refractivity contribution is 9.10. The third-order valence-corrected chi connectivity index (χ3v) is 4.06. The minimum Gasteiger partial charge on any atom is -0.378 e. The second-order valence-corrected chi connectivity index (χ2v) is 5.67. The molecule has 2 nitrogen and oxygen atoms in total. The van der Waals surface area contributed by atoms with Crippen LogP contribution in [0.4, 0.5) is 0 Å². The minimum atomic E-state index is 0.376. The molecule has 2 unspecified atom stereocenters. The highest BCUT2D eigenvalue weighted by atomic mass is 79.9. The maximum atomic E-state index is 5.57. The van der Waals surface area contributed by atoms with E-state index < -0.39 is 0 Å². The predicted octanol–water partition coefficient (Wildman–Crippen LogP) is 3.67. The highest BCUT2D eigenvalue weighted by Gasteiger charge is 2.21. The summed E-state index contributed by atoms with van der Waals surface area (Å²) in [5.74, 6) is 0. The average molecular weight is 298 g/mol. The Labute approximate surface area is 112 Å². The maximum absolute atomic E-state index is 5.57. The zero-order chi connectivity index (χ0) is 12.3. The minimum absolute atomic E-state index is 0.376. The Bertz CT molecular complexity index is 369. The molecule has 2 rings (SSSR count). The molecule has 1 heterocycles. The van der Waals surface area contributed by atoms with E-state index in [1.807, 2.05) is 0 Å². The molecule has 1 aliphatic heterocycles. The van der Waals surface area contributed by atoms with Crippen molar-refractivity contribution >= 4 is 15.9 Å². The summed E-state index contributed by atoms with van der Waals surface area (Å²) < 4.78 is 6.75. The first-order valence-electron chi connectivity index (χ1n) is 6.29. The summed E-state index contributed by atoms with van der Waals surface area (Å²) in [6, 6.07) is 9.36. The van der Waals surface area contributed by atoms with Crippen LogP contribution in [0, 0.1) is 0 Å². The van der Waals surface area contributed by atoms with E-state index in [2.05, 4.69) is 59.4 Å². The molecule has 0 radical (unpaired) electrons. The molecular weight excluding hydrogens is 278 g/mol. The van der Waals surface area contributed by atoms with E-state index in [4.69, 9.17) is 4.74 Å². The van der Waals surface area contributed by atoms with Gasteiger partial charge in [0.25, 0.3) is 0 Å². The first-order chi connectivity index (χ1) is 8.16. The lowest BCUT2D eigenvalue weighted by Crippen LogP contribution is -2.39. The number of rotatable bonds is 3. The van der Waals surface area contributed by atoms with Gasteiger partial charge in [-0.2, -0.15) is 0 Å². The molecule has 0 amide bonds. The van der Waals surface area contributed by atoms with Crippen molar-refractivity contribution in [1.29, 1.82) is 0 Å². The van der Waals surface area contributed by atoms with Crippen LogP contribution in [0.25, 0.3) is 0 Å². The lowest BCUT2D eigenvalue weighted by Gasteiger charge is -2.30. The van der Waals surface area contributed by atoms with Crippen molar-refractivity contribution in [2.24, 2.45) is 0 Å². The third kappa shape index (κ3) is 3.54. The SMILES string of the molecule is CC1CC(N[C@H](C)c2ccccc2Br)CCO1. The van der Waals surface area contributed by atoms with Crippen LogP contribution in [-0.2, 0) is 4.74 Å². The molecule has 0 spiro atoms. The Morgan fingerprint density at radius 3 is 2.88 bits per heavy atom. The van der Waals surface area contributed by atoms with Gasteiger partial charge in [0.15, 0.2) is 0 Å². The summed E-state index contributed by atoms with van der Waals surface area (Å²) >= 11 is 3.61. The van der Waals surface area contributed by atoms with Gasteiger partial charge >= 0.3 is 0 Å². The maximum Gasteiger partial charge on any atom is 0.0561 e. The zero-order valence-electron chi connectivity index (χ0n) is 10.4. The molecular formula is C14H20BrNO. The zero-order valence-corrected chi connectivity index (χ0v) is 12.0. The first kappa shape index (κ1) is 13.1. The Hall–Kier alpha value is -0.380. The average Bonchev–Trinajstić information content (AvgIpc) is 2.29. The lowest BCUT2D eigenvalue weighted by molar-refractivity contribution is 0.0116. The predicted molar refractivity (Wildman–Crippen MR) is 74.1 cm³/mol. The van der Waals surface area contributed by atoms with Gasteiger partial charge in [0.05, 0.1) is 6.10 Å². The van der Waals surface area contributed by atoms with Crippen LogP contribution in [0.15, 0.2) is 28.7 Å². The van der Waals surface area contributed by atoms with Gasteiger partial charge in [-0.25, -0.2) is 0 Å². The smallest absolute Gasteiger partial charge is 0.0561 e. The Balaban J connectivity index is 1.97. The molecule has 0 aliphatic carbocycles. The van der Waals surface area contributed by atoms with E-state index in [0.717, 1.165) is 19.4 Å². The fourth-order valence-electron chi connectivity index (χ4n) is 2.42. The van der Waals surface area contributed by atoms with Gasteiger partial charge in [-0.05, 0) is 38.3 Å². The largest absolute Gasteiger partial charge is 0.378 e. The Kier molecular flexibility index (Phi) is 4.60. The van der Waals surface area contributed by atoms with Crippen LogP contribution in [-0.4, -0.2) is 18.8 Å². The topological polar surface area (TPSA) is 21.3 Å². The van der Waals surface area contributed by atoms with Crippen LogP contribution < -0.4 is 5.32 Å². The van der Waals surface area contributed by atoms with E-state index in [1.165, 1.54) is 10.0 Å². The number of hydrogen-bond donors (Lipinski definition) is 1. The second-order valence-electron chi connectivity index (χ2n) is 4.81. The Morgan fingerprint density at radius 2 is 2.18 bits per heavy atom. The molecule has 1 saturated heterocycles. The lowest BCUT2D eigenvalue weighted by atomic mass is 10.0. The summed E-state index contributed by atoms with van der Waals surface area (Å²) in [4.78, 5) is 0. The van der Waals surface area contributed by atoms with Crippen molar-refractivity contribution in [3.8, 4) is 0 Å². The number of nitrogens with one attached hydrogen (secondary N) is 1. The second kappa shape index (κ2) is 5.98. The molecule has 0 aromatic heterocycles. The van der Waals surface area contributed by atoms with E-state index in [9.17, 15) is 0 Å². The molecule has 1 aromatic rings. The Morgan fingerprint density at radius 1 is 1.41 bits per heavy atom. The molecule has 17 heavy (non-hydrogen) atoms. The fraction of sp³-hybridized carbons (Fsp3) is 0.571. The molecule has 0 bridgehead atoms. The van der Waals surface area contributed by atoms with E-state index >= 15 is 0 Å². The van der Waals surface area contributed by atoms with Crippen LogP contribution >= 0.6 is 15.9 Å². The number of benzene rings is 1. The molecule has 1 aliphatic rings. The van der Waals surface area contributed by atoms with E-state index in [1.54, 1.807) is 0 Å². The summed E-state index contributed by atoms with van der Waals surface area (Å²) in [6.07, 6.45) is 2.60. The highest BCUT2D eigenvalue weighted by Crippen LogP contribution is 2.24. The van der Waals surface area contributed by atoms with Crippen LogP contribution in [0.2, 0.25) is 0 Å². The van der Waals surface area contributed by atoms with Gasteiger partial charge in [0.1, 0.15) is 0 Å². The van der Waals surface area contributed by atoms with E-state index in [0.29, 0.717) is 18.2 Å². The van der Waals surface area contributed by atoms with Crippen molar-refractivity contribution < 1.29 is 4.74 Å². The van der Waals surface area contributed by atoms with Crippen molar-refractivity contribution in [3.63, 3.8) is 0 Å². The van der Waals surface area contributed by atoms with Gasteiger partial charge in [0, 0.05) is 23.2 Å². The van der Waals surface area contributed by atoms with Crippen LogP contribution in [0.3, 0.4) is 0 Å². The number of hydrogen-bond acceptors (Lipinski definition) is 2. The van der Waals surface area contributed by atoms with Crippen LogP contribution in [0.1, 0.15) is 38.3 Å². The van der Waals surface area contributed by atoms with Gasteiger partial charge in [0.2, 0.25) is 0 Å². The van der Waals surface area contributed by atoms with Crippen molar-refractivity contribution in [2.75, 3.05) is 6.61 Å². The molecule has 3 atom stereocenters. The van der Waals surface area contributed by atoms with Crippen molar-refractivity contribution in [2.45, 2.75) is 44.9 Å². The molecule has 1 N–H and O–H groups in total. The number of halogens is 1. The van der Waals surface area contributed by atoms with Crippen molar-refractivity contribution in [3.05, 3.63) is 34.3 Å². The van der Waals surface area contributed by atoms with Crippen molar-refractivity contribution in [1.82, 2.24) is 5.32 Å². The summed E-state index contributed by atoms with van der Waals surface area (Å²) in [5.41, 5.74) is 1.33. The number of ether oxygens (including phenoxy) is 1. The standard InChI is InChI=1S/C14H20BrNO/c1-10-9-12(7-8-17-10)16-11(2)13-5-3-4-6-14(13)15/h3-6,10-12,16H,7-9H2,1-2H3/t10?,11-,12?/m1/s1. The molecule has 3 heteroatoms. The molecule has 94 valence electrons. The fourth-order valence-corrected chi connectivity index (χ4v) is 3.05. The monoisotopic (exact) mass is 297 g/mol. The summed E-state index contributed by atoms with van der Waals surface area (Å²) in [7, 11) is 0. The quantitative estimate of drug-likeness (QED) is 0.919. The van der Waals surface area contributed by atoms with Gasteiger partial charge in [-0.15, -0.1) is 0 Å². The van der Waals surface area contributed by atoms with Gasteiger partial charge < -0.3 is 10.1 Å².